The average molecular weight is 408 g/mol. The van der Waals surface area contributed by atoms with E-state index in [2.05, 4.69) is 29.3 Å². The van der Waals surface area contributed by atoms with Crippen molar-refractivity contribution in [3.05, 3.63) is 60.2 Å². The molecule has 2 aromatic carbocycles. The minimum atomic E-state index is -0.0137. The number of hydrogen-bond acceptors (Lipinski definition) is 3. The fraction of sp³-hybridized carbons (Fsp3) is 0.440. The molecule has 0 bridgehead atoms. The Morgan fingerprint density at radius 1 is 0.933 bits per heavy atom. The number of amides is 2. The van der Waals surface area contributed by atoms with Crippen molar-refractivity contribution in [2.45, 2.75) is 39.5 Å². The van der Waals surface area contributed by atoms with Crippen molar-refractivity contribution < 1.29 is 9.59 Å². The number of nitrogens with one attached hydrogen (secondary N) is 1. The highest BCUT2D eigenvalue weighted by Gasteiger charge is 2.25. The summed E-state index contributed by atoms with van der Waals surface area (Å²) in [5, 5.41) is 3.03. The van der Waals surface area contributed by atoms with Gasteiger partial charge >= 0.3 is 0 Å². The van der Waals surface area contributed by atoms with E-state index in [-0.39, 0.29) is 17.7 Å². The highest BCUT2D eigenvalue weighted by Crippen LogP contribution is 2.22. The van der Waals surface area contributed by atoms with Gasteiger partial charge in [0, 0.05) is 37.8 Å². The van der Waals surface area contributed by atoms with Crippen molar-refractivity contribution in [2.75, 3.05) is 36.4 Å². The van der Waals surface area contributed by atoms with Crippen LogP contribution in [0.2, 0.25) is 0 Å². The Kier molecular flexibility index (Phi) is 7.89. The van der Waals surface area contributed by atoms with Crippen LogP contribution in [0.1, 0.15) is 49.9 Å². The fourth-order valence-electron chi connectivity index (χ4n) is 3.96. The number of benzene rings is 2. The van der Waals surface area contributed by atoms with E-state index in [9.17, 15) is 9.59 Å². The highest BCUT2D eigenvalue weighted by molar-refractivity contribution is 6.04. The molecule has 1 aliphatic rings. The summed E-state index contributed by atoms with van der Waals surface area (Å²) in [6.45, 7) is 7.13. The van der Waals surface area contributed by atoms with Crippen LogP contribution in [0.3, 0.4) is 0 Å². The first-order valence-electron chi connectivity index (χ1n) is 11.1. The second kappa shape index (κ2) is 10.8. The molecular weight excluding hydrogens is 374 g/mol. The normalized spacial score (nSPS) is 15.0. The van der Waals surface area contributed by atoms with Gasteiger partial charge in [-0.3, -0.25) is 9.59 Å². The van der Waals surface area contributed by atoms with Gasteiger partial charge < -0.3 is 15.1 Å². The standard InChI is InChI=1S/C25H33N3O2/c1-3-5-11-20(4-2)24(29)26-23-15-10-9-14-22(23)25(30)28-18-16-27(17-19-28)21-12-7-6-8-13-21/h6-10,12-15,20H,3-5,11,16-19H2,1-2H3,(H,26,29). The van der Waals surface area contributed by atoms with Crippen LogP contribution in [0, 0.1) is 5.92 Å². The molecule has 1 saturated heterocycles. The number of anilines is 2. The lowest BCUT2D eigenvalue weighted by Crippen LogP contribution is -2.49. The zero-order valence-corrected chi connectivity index (χ0v) is 18.1. The van der Waals surface area contributed by atoms with Gasteiger partial charge in [0.15, 0.2) is 0 Å². The number of rotatable bonds is 8. The minimum absolute atomic E-state index is 0.0116. The molecule has 0 radical (unpaired) electrons. The molecule has 3 rings (SSSR count). The van der Waals surface area contributed by atoms with Crippen LogP contribution in [0.25, 0.3) is 0 Å². The zero-order valence-electron chi connectivity index (χ0n) is 18.1. The van der Waals surface area contributed by atoms with Gasteiger partial charge in [0.05, 0.1) is 11.3 Å². The molecule has 1 fully saturated rings. The predicted octanol–water partition coefficient (Wildman–Crippen LogP) is 4.80. The van der Waals surface area contributed by atoms with Crippen LogP contribution in [0.5, 0.6) is 0 Å². The molecule has 1 N–H and O–H groups in total. The topological polar surface area (TPSA) is 52.7 Å². The van der Waals surface area contributed by atoms with Crippen molar-refractivity contribution in [3.8, 4) is 0 Å². The maximum atomic E-state index is 13.2. The molecule has 0 aliphatic carbocycles. The molecule has 1 atom stereocenters. The van der Waals surface area contributed by atoms with Crippen molar-refractivity contribution in [2.24, 2.45) is 5.92 Å². The number of nitrogens with zero attached hydrogens (tertiary/aromatic N) is 2. The largest absolute Gasteiger partial charge is 0.368 e. The molecule has 0 spiro atoms. The van der Waals surface area contributed by atoms with E-state index < -0.39 is 0 Å². The summed E-state index contributed by atoms with van der Waals surface area (Å²) in [5.41, 5.74) is 2.38. The first-order chi connectivity index (χ1) is 14.6. The van der Waals surface area contributed by atoms with Crippen molar-refractivity contribution in [1.29, 1.82) is 0 Å². The van der Waals surface area contributed by atoms with Gasteiger partial charge in [0.25, 0.3) is 5.91 Å². The quantitative estimate of drug-likeness (QED) is 0.684. The van der Waals surface area contributed by atoms with Crippen LogP contribution in [0.4, 0.5) is 11.4 Å². The number of unbranched alkanes of at least 4 members (excludes halogenated alkanes) is 1. The Morgan fingerprint density at radius 3 is 2.27 bits per heavy atom. The zero-order chi connectivity index (χ0) is 21.3. The summed E-state index contributed by atoms with van der Waals surface area (Å²) in [6, 6.07) is 17.7. The van der Waals surface area contributed by atoms with Crippen LogP contribution in [0.15, 0.2) is 54.6 Å². The van der Waals surface area contributed by atoms with Crippen LogP contribution in [-0.2, 0) is 4.79 Å². The van der Waals surface area contributed by atoms with Crippen molar-refractivity contribution >= 4 is 23.2 Å². The lowest BCUT2D eigenvalue weighted by atomic mass is 9.98. The Balaban J connectivity index is 1.65. The van der Waals surface area contributed by atoms with Gasteiger partial charge in [-0.25, -0.2) is 0 Å². The van der Waals surface area contributed by atoms with Gasteiger partial charge in [-0.05, 0) is 37.1 Å². The molecule has 2 amide bonds. The third-order valence-electron chi connectivity index (χ3n) is 5.87. The molecule has 0 saturated carbocycles. The van der Waals surface area contributed by atoms with E-state index in [1.54, 1.807) is 0 Å². The van der Waals surface area contributed by atoms with Crippen LogP contribution in [-0.4, -0.2) is 42.9 Å². The summed E-state index contributed by atoms with van der Waals surface area (Å²) in [5.74, 6) is -0.0113. The molecule has 2 aromatic rings. The summed E-state index contributed by atoms with van der Waals surface area (Å²) in [7, 11) is 0. The number of piperazine rings is 1. The van der Waals surface area contributed by atoms with Gasteiger partial charge in [-0.15, -0.1) is 0 Å². The third kappa shape index (κ3) is 5.41. The monoisotopic (exact) mass is 407 g/mol. The number of carbonyl (C=O) groups excluding carboxylic acids is 2. The van der Waals surface area contributed by atoms with Crippen molar-refractivity contribution in [1.82, 2.24) is 4.90 Å². The SMILES string of the molecule is CCCCC(CC)C(=O)Nc1ccccc1C(=O)N1CCN(c2ccccc2)CC1. The Hall–Kier alpha value is -2.82. The predicted molar refractivity (Wildman–Crippen MR) is 123 cm³/mol. The molecule has 160 valence electrons. The smallest absolute Gasteiger partial charge is 0.256 e. The molecule has 1 unspecified atom stereocenters. The molecule has 1 aliphatic heterocycles. The first-order valence-corrected chi connectivity index (χ1v) is 11.1. The van der Waals surface area contributed by atoms with Gasteiger partial charge in [0.1, 0.15) is 0 Å². The molecular formula is C25H33N3O2. The van der Waals surface area contributed by atoms with Crippen molar-refractivity contribution in [3.63, 3.8) is 0 Å². The van der Waals surface area contributed by atoms with Gasteiger partial charge in [-0.1, -0.05) is 57.0 Å². The lowest BCUT2D eigenvalue weighted by Gasteiger charge is -2.36. The molecule has 5 heteroatoms. The second-order valence-corrected chi connectivity index (χ2v) is 7.90. The van der Waals surface area contributed by atoms with Crippen LogP contribution < -0.4 is 10.2 Å². The second-order valence-electron chi connectivity index (χ2n) is 7.90. The third-order valence-corrected chi connectivity index (χ3v) is 5.87. The summed E-state index contributed by atoms with van der Waals surface area (Å²) in [6.07, 6.45) is 3.81. The van der Waals surface area contributed by atoms with E-state index in [0.717, 1.165) is 38.8 Å². The number of hydrogen-bond donors (Lipinski definition) is 1. The molecule has 5 nitrogen and oxygen atoms in total. The van der Waals surface area contributed by atoms with Gasteiger partial charge in [0.2, 0.25) is 5.91 Å². The minimum Gasteiger partial charge on any atom is -0.368 e. The van der Waals surface area contributed by atoms with Crippen LogP contribution >= 0.6 is 0 Å². The maximum Gasteiger partial charge on any atom is 0.256 e. The molecule has 1 heterocycles. The Bertz CT molecular complexity index is 829. The molecule has 30 heavy (non-hydrogen) atoms. The van der Waals surface area contributed by atoms with E-state index in [4.69, 9.17) is 0 Å². The van der Waals surface area contributed by atoms with E-state index in [1.807, 2.05) is 54.3 Å². The van der Waals surface area contributed by atoms with E-state index in [0.29, 0.717) is 24.3 Å². The number of carbonyl (C=O) groups is 2. The Labute approximate surface area is 180 Å². The highest BCUT2D eigenvalue weighted by atomic mass is 16.2. The van der Waals surface area contributed by atoms with E-state index >= 15 is 0 Å². The molecule has 0 aromatic heterocycles. The maximum absolute atomic E-state index is 13.2. The summed E-state index contributed by atoms with van der Waals surface area (Å²) < 4.78 is 0. The van der Waals surface area contributed by atoms with Gasteiger partial charge in [-0.2, -0.15) is 0 Å². The Morgan fingerprint density at radius 2 is 1.60 bits per heavy atom. The first kappa shape index (κ1) is 21.9. The lowest BCUT2D eigenvalue weighted by molar-refractivity contribution is -0.120. The van der Waals surface area contributed by atoms with E-state index in [1.165, 1.54) is 5.69 Å². The fourth-order valence-corrected chi connectivity index (χ4v) is 3.96. The number of para-hydroxylation sites is 2. The summed E-state index contributed by atoms with van der Waals surface area (Å²) in [4.78, 5) is 30.2. The average Bonchev–Trinajstić information content (AvgIpc) is 2.80. The summed E-state index contributed by atoms with van der Waals surface area (Å²) >= 11 is 0.